The first-order chi connectivity index (χ1) is 9.26. The minimum Gasteiger partial charge on any atom is -0.309 e. The van der Waals surface area contributed by atoms with Crippen LogP contribution in [0.4, 0.5) is 0 Å². The number of hydrogen-bond acceptors (Lipinski definition) is 2. The quantitative estimate of drug-likeness (QED) is 0.881. The van der Waals surface area contributed by atoms with Crippen molar-refractivity contribution in [3.8, 4) is 0 Å². The number of benzene rings is 1. The van der Waals surface area contributed by atoms with Gasteiger partial charge in [0.15, 0.2) is 0 Å². The standard InChI is InChI=1S/C17H22N2/c1-4-7-14-8-5-9-15(12-14)17(18-3)16-10-6-11-19-13(16)2/h5-6,8-12,17-18H,4,7H2,1-3H3. The van der Waals surface area contributed by atoms with Crippen molar-refractivity contribution in [3.05, 3.63) is 65.0 Å². The normalized spacial score (nSPS) is 12.4. The summed E-state index contributed by atoms with van der Waals surface area (Å²) in [6.45, 7) is 4.28. The first kappa shape index (κ1) is 13.8. The van der Waals surface area contributed by atoms with Gasteiger partial charge in [0, 0.05) is 11.9 Å². The fourth-order valence-electron chi connectivity index (χ4n) is 2.52. The van der Waals surface area contributed by atoms with Gasteiger partial charge in [0.25, 0.3) is 0 Å². The third-order valence-electron chi connectivity index (χ3n) is 3.47. The smallest absolute Gasteiger partial charge is 0.0592 e. The second-order valence-electron chi connectivity index (χ2n) is 4.89. The Morgan fingerprint density at radius 3 is 2.74 bits per heavy atom. The first-order valence-corrected chi connectivity index (χ1v) is 6.94. The number of rotatable bonds is 5. The van der Waals surface area contributed by atoms with Crippen LogP contribution in [0.1, 0.15) is 41.8 Å². The summed E-state index contributed by atoms with van der Waals surface area (Å²) in [6, 6.07) is 13.2. The summed E-state index contributed by atoms with van der Waals surface area (Å²) in [5, 5.41) is 3.40. The second kappa shape index (κ2) is 6.48. The van der Waals surface area contributed by atoms with E-state index < -0.39 is 0 Å². The van der Waals surface area contributed by atoms with Gasteiger partial charge >= 0.3 is 0 Å². The van der Waals surface area contributed by atoms with Crippen LogP contribution in [-0.2, 0) is 6.42 Å². The summed E-state index contributed by atoms with van der Waals surface area (Å²) in [5.74, 6) is 0. The monoisotopic (exact) mass is 254 g/mol. The SMILES string of the molecule is CCCc1cccc(C(NC)c2cccnc2C)c1. The molecule has 1 heterocycles. The van der Waals surface area contributed by atoms with E-state index in [2.05, 4.69) is 54.5 Å². The lowest BCUT2D eigenvalue weighted by Crippen LogP contribution is -2.19. The highest BCUT2D eigenvalue weighted by molar-refractivity contribution is 5.35. The van der Waals surface area contributed by atoms with Crippen molar-refractivity contribution >= 4 is 0 Å². The third kappa shape index (κ3) is 3.21. The summed E-state index contributed by atoms with van der Waals surface area (Å²) in [6.07, 6.45) is 4.16. The largest absolute Gasteiger partial charge is 0.309 e. The number of pyridine rings is 1. The number of hydrogen-bond donors (Lipinski definition) is 1. The lowest BCUT2D eigenvalue weighted by atomic mass is 9.95. The van der Waals surface area contributed by atoms with Gasteiger partial charge in [0.2, 0.25) is 0 Å². The van der Waals surface area contributed by atoms with E-state index in [0.29, 0.717) is 0 Å². The molecule has 2 heteroatoms. The fourth-order valence-corrected chi connectivity index (χ4v) is 2.52. The summed E-state index contributed by atoms with van der Waals surface area (Å²) in [7, 11) is 2.00. The molecule has 1 N–H and O–H groups in total. The lowest BCUT2D eigenvalue weighted by Gasteiger charge is -2.19. The minimum absolute atomic E-state index is 0.213. The zero-order valence-corrected chi connectivity index (χ0v) is 12.0. The molecule has 0 aliphatic carbocycles. The highest BCUT2D eigenvalue weighted by Crippen LogP contribution is 2.24. The molecular formula is C17H22N2. The van der Waals surface area contributed by atoms with Gasteiger partial charge < -0.3 is 5.32 Å². The van der Waals surface area contributed by atoms with Gasteiger partial charge in [-0.1, -0.05) is 43.7 Å². The van der Waals surface area contributed by atoms with Gasteiger partial charge in [0.05, 0.1) is 6.04 Å². The van der Waals surface area contributed by atoms with Crippen molar-refractivity contribution in [1.29, 1.82) is 0 Å². The molecule has 100 valence electrons. The van der Waals surface area contributed by atoms with Crippen molar-refractivity contribution in [2.45, 2.75) is 32.7 Å². The van der Waals surface area contributed by atoms with E-state index in [1.165, 1.54) is 23.1 Å². The Balaban J connectivity index is 2.37. The summed E-state index contributed by atoms with van der Waals surface area (Å²) in [5.41, 5.74) is 5.05. The Labute approximate surface area is 115 Å². The maximum atomic E-state index is 4.39. The molecule has 0 radical (unpaired) electrons. The van der Waals surface area contributed by atoms with Gasteiger partial charge in [-0.3, -0.25) is 4.98 Å². The van der Waals surface area contributed by atoms with E-state index in [0.717, 1.165) is 12.1 Å². The molecule has 0 amide bonds. The van der Waals surface area contributed by atoms with Gasteiger partial charge in [0.1, 0.15) is 0 Å². The molecule has 1 atom stereocenters. The predicted molar refractivity (Wildman–Crippen MR) is 80.3 cm³/mol. The van der Waals surface area contributed by atoms with Crippen LogP contribution in [0.15, 0.2) is 42.6 Å². The van der Waals surface area contributed by atoms with Crippen molar-refractivity contribution in [2.75, 3.05) is 7.05 Å². The highest BCUT2D eigenvalue weighted by atomic mass is 14.9. The van der Waals surface area contributed by atoms with Gasteiger partial charge in [-0.05, 0) is 43.1 Å². The van der Waals surface area contributed by atoms with Crippen LogP contribution < -0.4 is 5.32 Å². The molecule has 2 rings (SSSR count). The van der Waals surface area contributed by atoms with E-state index in [1.54, 1.807) is 0 Å². The van der Waals surface area contributed by atoms with E-state index in [1.807, 2.05) is 19.3 Å². The summed E-state index contributed by atoms with van der Waals surface area (Å²) >= 11 is 0. The van der Waals surface area contributed by atoms with Crippen LogP contribution in [0.25, 0.3) is 0 Å². The third-order valence-corrected chi connectivity index (χ3v) is 3.47. The Morgan fingerprint density at radius 2 is 2.05 bits per heavy atom. The predicted octanol–water partition coefficient (Wildman–Crippen LogP) is 3.65. The average Bonchev–Trinajstić information content (AvgIpc) is 2.43. The van der Waals surface area contributed by atoms with Gasteiger partial charge in [-0.25, -0.2) is 0 Å². The van der Waals surface area contributed by atoms with Crippen LogP contribution in [0.5, 0.6) is 0 Å². The van der Waals surface area contributed by atoms with Crippen LogP contribution in [-0.4, -0.2) is 12.0 Å². The Hall–Kier alpha value is -1.67. The van der Waals surface area contributed by atoms with Crippen LogP contribution in [0.2, 0.25) is 0 Å². The molecule has 2 aromatic rings. The van der Waals surface area contributed by atoms with E-state index >= 15 is 0 Å². The van der Waals surface area contributed by atoms with Crippen LogP contribution in [0, 0.1) is 6.92 Å². The lowest BCUT2D eigenvalue weighted by molar-refractivity contribution is 0.681. The molecule has 0 bridgehead atoms. The summed E-state index contributed by atoms with van der Waals surface area (Å²) in [4.78, 5) is 4.39. The van der Waals surface area contributed by atoms with Gasteiger partial charge in [-0.15, -0.1) is 0 Å². The molecule has 0 aliphatic rings. The topological polar surface area (TPSA) is 24.9 Å². The first-order valence-electron chi connectivity index (χ1n) is 6.94. The zero-order valence-electron chi connectivity index (χ0n) is 12.0. The van der Waals surface area contributed by atoms with Crippen molar-refractivity contribution < 1.29 is 0 Å². The molecule has 0 aliphatic heterocycles. The molecule has 1 unspecified atom stereocenters. The molecule has 0 fully saturated rings. The number of nitrogens with zero attached hydrogens (tertiary/aromatic N) is 1. The van der Waals surface area contributed by atoms with Crippen molar-refractivity contribution in [3.63, 3.8) is 0 Å². The van der Waals surface area contributed by atoms with E-state index in [4.69, 9.17) is 0 Å². The second-order valence-corrected chi connectivity index (χ2v) is 4.89. The molecule has 1 aromatic carbocycles. The average molecular weight is 254 g/mol. The molecule has 0 saturated carbocycles. The fraction of sp³-hybridized carbons (Fsp3) is 0.353. The molecular weight excluding hydrogens is 232 g/mol. The minimum atomic E-state index is 0.213. The Morgan fingerprint density at radius 1 is 1.21 bits per heavy atom. The van der Waals surface area contributed by atoms with E-state index in [-0.39, 0.29) is 6.04 Å². The highest BCUT2D eigenvalue weighted by Gasteiger charge is 2.14. The zero-order chi connectivity index (χ0) is 13.7. The summed E-state index contributed by atoms with van der Waals surface area (Å²) < 4.78 is 0. The Bertz CT molecular complexity index is 534. The van der Waals surface area contributed by atoms with Gasteiger partial charge in [-0.2, -0.15) is 0 Å². The number of aromatic nitrogens is 1. The molecule has 2 nitrogen and oxygen atoms in total. The van der Waals surface area contributed by atoms with E-state index in [9.17, 15) is 0 Å². The van der Waals surface area contributed by atoms with Crippen molar-refractivity contribution in [1.82, 2.24) is 10.3 Å². The molecule has 1 aromatic heterocycles. The maximum Gasteiger partial charge on any atom is 0.0592 e. The molecule has 0 spiro atoms. The number of nitrogens with one attached hydrogen (secondary N) is 1. The molecule has 19 heavy (non-hydrogen) atoms. The molecule has 0 saturated heterocycles. The van der Waals surface area contributed by atoms with Crippen LogP contribution in [0.3, 0.4) is 0 Å². The van der Waals surface area contributed by atoms with Crippen molar-refractivity contribution in [2.24, 2.45) is 0 Å². The van der Waals surface area contributed by atoms with Crippen LogP contribution >= 0.6 is 0 Å². The number of aryl methyl sites for hydroxylation is 2. The maximum absolute atomic E-state index is 4.39. The Kier molecular flexibility index (Phi) is 4.69.